The largest absolute Gasteiger partial charge is 0.423 e. The third kappa shape index (κ3) is 3.77. The van der Waals surface area contributed by atoms with Crippen molar-refractivity contribution < 1.29 is 9.21 Å². The molecule has 5 nitrogen and oxygen atoms in total. The van der Waals surface area contributed by atoms with Crippen LogP contribution in [0.1, 0.15) is 18.1 Å². The number of nitrogens with one attached hydrogen (secondary N) is 1. The molecule has 0 bridgehead atoms. The van der Waals surface area contributed by atoms with Gasteiger partial charge in [-0.05, 0) is 42.3 Å². The summed E-state index contributed by atoms with van der Waals surface area (Å²) < 4.78 is 5.32. The number of carbonyl (C=O) groups is 1. The lowest BCUT2D eigenvalue weighted by atomic mass is 10.1. The molecule has 6 heteroatoms. The predicted octanol–water partition coefficient (Wildman–Crippen LogP) is 4.90. The molecule has 4 rings (SSSR count). The van der Waals surface area contributed by atoms with Crippen molar-refractivity contribution in [3.05, 3.63) is 76.1 Å². The van der Waals surface area contributed by atoms with Gasteiger partial charge in [0.15, 0.2) is 0 Å². The molecule has 2 aromatic heterocycles. The number of thioether (sulfide) groups is 1. The Bertz CT molecular complexity index is 1260. The summed E-state index contributed by atoms with van der Waals surface area (Å²) in [5.41, 5.74) is 3.65. The molecule has 4 aromatic rings. The van der Waals surface area contributed by atoms with Crippen LogP contribution in [0.15, 0.2) is 68.8 Å². The maximum absolute atomic E-state index is 12.0. The lowest BCUT2D eigenvalue weighted by molar-refractivity contribution is -0.114. The fraction of sp³-hybridized carbons (Fsp3) is 0.136. The fourth-order valence-electron chi connectivity index (χ4n) is 3.17. The molecule has 0 aliphatic rings. The van der Waals surface area contributed by atoms with Crippen molar-refractivity contribution in [3.8, 4) is 0 Å². The molecule has 0 spiro atoms. The lowest BCUT2D eigenvalue weighted by Gasteiger charge is -2.09. The van der Waals surface area contributed by atoms with Gasteiger partial charge in [0.2, 0.25) is 5.91 Å². The molecule has 0 saturated heterocycles. The first-order chi connectivity index (χ1) is 13.5. The van der Waals surface area contributed by atoms with Crippen molar-refractivity contribution in [1.82, 2.24) is 4.98 Å². The third-order valence-electron chi connectivity index (χ3n) is 4.43. The molecule has 0 saturated carbocycles. The minimum Gasteiger partial charge on any atom is -0.423 e. The van der Waals surface area contributed by atoms with Gasteiger partial charge >= 0.3 is 5.63 Å². The number of rotatable bonds is 4. The van der Waals surface area contributed by atoms with E-state index in [9.17, 15) is 9.59 Å². The number of amides is 1. The number of anilines is 1. The Morgan fingerprint density at radius 1 is 1.11 bits per heavy atom. The number of hydrogen-bond donors (Lipinski definition) is 1. The average Bonchev–Trinajstić information content (AvgIpc) is 2.65. The molecule has 0 aliphatic carbocycles. The van der Waals surface area contributed by atoms with Crippen molar-refractivity contribution in [2.75, 3.05) is 5.32 Å². The van der Waals surface area contributed by atoms with Gasteiger partial charge in [-0.15, -0.1) is 11.8 Å². The van der Waals surface area contributed by atoms with Crippen LogP contribution >= 0.6 is 11.8 Å². The van der Waals surface area contributed by atoms with Crippen molar-refractivity contribution >= 4 is 45.2 Å². The predicted molar refractivity (Wildman–Crippen MR) is 113 cm³/mol. The second kappa shape index (κ2) is 7.48. The van der Waals surface area contributed by atoms with E-state index in [1.165, 1.54) is 18.6 Å². The lowest BCUT2D eigenvalue weighted by Crippen LogP contribution is -2.06. The Balaban J connectivity index is 1.66. The maximum atomic E-state index is 12.0. The zero-order valence-corrected chi connectivity index (χ0v) is 16.3. The zero-order chi connectivity index (χ0) is 19.7. The quantitative estimate of drug-likeness (QED) is 0.396. The molecule has 0 atom stereocenters. The Morgan fingerprint density at radius 2 is 1.93 bits per heavy atom. The molecule has 1 amide bonds. The first kappa shape index (κ1) is 18.3. The van der Waals surface area contributed by atoms with Crippen LogP contribution in [0.5, 0.6) is 0 Å². The van der Waals surface area contributed by atoms with E-state index in [1.807, 2.05) is 24.3 Å². The fourth-order valence-corrected chi connectivity index (χ4v) is 4.14. The number of aryl methyl sites for hydroxylation is 1. The van der Waals surface area contributed by atoms with E-state index >= 15 is 0 Å². The van der Waals surface area contributed by atoms with Crippen LogP contribution in [0.2, 0.25) is 0 Å². The summed E-state index contributed by atoms with van der Waals surface area (Å²) in [4.78, 5) is 28.0. The topological polar surface area (TPSA) is 72.2 Å². The summed E-state index contributed by atoms with van der Waals surface area (Å²) in [5, 5.41) is 5.60. The van der Waals surface area contributed by atoms with Gasteiger partial charge in [-0.1, -0.05) is 18.2 Å². The minimum atomic E-state index is -0.411. The molecule has 0 unspecified atom stereocenters. The summed E-state index contributed by atoms with van der Waals surface area (Å²) in [6.07, 6.45) is 0. The summed E-state index contributed by atoms with van der Waals surface area (Å²) in [7, 11) is 0. The van der Waals surface area contributed by atoms with Crippen LogP contribution in [-0.2, 0) is 10.5 Å². The molecule has 0 aliphatic heterocycles. The normalized spacial score (nSPS) is 11.1. The molecular formula is C22H18N2O3S. The van der Waals surface area contributed by atoms with Crippen LogP contribution in [0.4, 0.5) is 5.69 Å². The number of para-hydroxylation sites is 1. The van der Waals surface area contributed by atoms with Gasteiger partial charge in [-0.25, -0.2) is 9.78 Å². The number of hydrogen-bond acceptors (Lipinski definition) is 5. The Hall–Kier alpha value is -3.12. The summed E-state index contributed by atoms with van der Waals surface area (Å²) >= 11 is 1.58. The zero-order valence-electron chi connectivity index (χ0n) is 15.5. The van der Waals surface area contributed by atoms with Gasteiger partial charge in [-0.3, -0.25) is 4.79 Å². The second-order valence-electron chi connectivity index (χ2n) is 6.57. The minimum absolute atomic E-state index is 0.175. The van der Waals surface area contributed by atoms with Crippen LogP contribution in [0.25, 0.3) is 21.9 Å². The van der Waals surface area contributed by atoms with Gasteiger partial charge in [-0.2, -0.15) is 0 Å². The van der Waals surface area contributed by atoms with E-state index in [1.54, 1.807) is 23.9 Å². The maximum Gasteiger partial charge on any atom is 0.336 e. The van der Waals surface area contributed by atoms with Crippen LogP contribution in [0.3, 0.4) is 0 Å². The standard InChI is InChI=1S/C22H18N2O3S/c1-13-9-21(24-19-6-4-3-5-17(13)19)28-12-15-10-22(26)27-20-11-16(23-14(2)25)7-8-18(15)20/h3-11H,12H2,1-2H3,(H,23,25). The molecule has 0 radical (unpaired) electrons. The van der Waals surface area contributed by atoms with Crippen LogP contribution < -0.4 is 10.9 Å². The molecule has 0 fully saturated rings. The van der Waals surface area contributed by atoms with E-state index in [0.717, 1.165) is 26.9 Å². The number of aromatic nitrogens is 1. The van der Waals surface area contributed by atoms with Crippen LogP contribution in [0, 0.1) is 6.92 Å². The van der Waals surface area contributed by atoms with Crippen LogP contribution in [-0.4, -0.2) is 10.9 Å². The van der Waals surface area contributed by atoms with Gasteiger partial charge in [0.1, 0.15) is 5.58 Å². The van der Waals surface area contributed by atoms with E-state index in [-0.39, 0.29) is 5.91 Å². The van der Waals surface area contributed by atoms with Gasteiger partial charge in [0.25, 0.3) is 0 Å². The van der Waals surface area contributed by atoms with Crippen molar-refractivity contribution in [1.29, 1.82) is 0 Å². The summed E-state index contributed by atoms with van der Waals surface area (Å²) in [6, 6.07) is 17.0. The number of pyridine rings is 1. The van der Waals surface area contributed by atoms with Gasteiger partial charge in [0.05, 0.1) is 10.5 Å². The molecular weight excluding hydrogens is 372 g/mol. The molecule has 28 heavy (non-hydrogen) atoms. The second-order valence-corrected chi connectivity index (χ2v) is 7.56. The number of benzene rings is 2. The van der Waals surface area contributed by atoms with Crippen molar-refractivity contribution in [2.24, 2.45) is 0 Å². The Morgan fingerprint density at radius 3 is 2.75 bits per heavy atom. The van der Waals surface area contributed by atoms with E-state index in [4.69, 9.17) is 9.40 Å². The van der Waals surface area contributed by atoms with E-state index in [0.29, 0.717) is 17.0 Å². The highest BCUT2D eigenvalue weighted by atomic mass is 32.2. The Kier molecular flexibility index (Phi) is 4.88. The summed E-state index contributed by atoms with van der Waals surface area (Å²) in [6.45, 7) is 3.51. The highest BCUT2D eigenvalue weighted by molar-refractivity contribution is 7.98. The molecule has 140 valence electrons. The first-order valence-corrected chi connectivity index (χ1v) is 9.82. The average molecular weight is 390 g/mol. The smallest absolute Gasteiger partial charge is 0.336 e. The van der Waals surface area contributed by atoms with E-state index in [2.05, 4.69) is 24.4 Å². The number of nitrogens with zero attached hydrogens (tertiary/aromatic N) is 1. The molecule has 2 heterocycles. The van der Waals surface area contributed by atoms with Gasteiger partial charge < -0.3 is 9.73 Å². The van der Waals surface area contributed by atoms with Crippen molar-refractivity contribution in [3.63, 3.8) is 0 Å². The van der Waals surface area contributed by atoms with E-state index < -0.39 is 5.63 Å². The van der Waals surface area contributed by atoms with Gasteiger partial charge in [0, 0.05) is 41.3 Å². The first-order valence-electron chi connectivity index (χ1n) is 8.83. The Labute approximate surface area is 165 Å². The van der Waals surface area contributed by atoms with Crippen molar-refractivity contribution in [2.45, 2.75) is 24.6 Å². The highest BCUT2D eigenvalue weighted by Gasteiger charge is 2.09. The number of fused-ring (bicyclic) bond motifs is 2. The monoisotopic (exact) mass is 390 g/mol. The number of carbonyl (C=O) groups excluding carboxylic acids is 1. The summed E-state index contributed by atoms with van der Waals surface area (Å²) in [5.74, 6) is 0.415. The molecule has 2 aromatic carbocycles. The SMILES string of the molecule is CC(=O)Nc1ccc2c(CSc3cc(C)c4ccccc4n3)cc(=O)oc2c1. The molecule has 1 N–H and O–H groups in total. The third-order valence-corrected chi connectivity index (χ3v) is 5.39. The highest BCUT2D eigenvalue weighted by Crippen LogP contribution is 2.29.